The van der Waals surface area contributed by atoms with Gasteiger partial charge in [-0.2, -0.15) is 0 Å². The minimum absolute atomic E-state index is 0.334. The Morgan fingerprint density at radius 2 is 2.11 bits per heavy atom. The molecule has 0 atom stereocenters. The summed E-state index contributed by atoms with van der Waals surface area (Å²) in [4.78, 5) is 16.5. The number of hydrogen-bond acceptors (Lipinski definition) is 7. The van der Waals surface area contributed by atoms with Crippen LogP contribution >= 0.6 is 11.3 Å². The molecule has 0 unspecified atom stereocenters. The van der Waals surface area contributed by atoms with E-state index in [4.69, 9.17) is 19.9 Å². The molecule has 1 aromatic rings. The van der Waals surface area contributed by atoms with Crippen LogP contribution in [0.2, 0.25) is 0 Å². The molecule has 0 aliphatic carbocycles. The molecule has 2 N–H and O–H groups in total. The van der Waals surface area contributed by atoms with Crippen LogP contribution in [0.25, 0.3) is 0 Å². The Kier molecular flexibility index (Phi) is 7.57. The fraction of sp³-hybridized carbons (Fsp3) is 0.667. The number of hydrogen-bond donors (Lipinski definition) is 1. The Labute approximate surface area is 116 Å². The fourth-order valence-electron chi connectivity index (χ4n) is 1.36. The van der Waals surface area contributed by atoms with Gasteiger partial charge in [0.25, 0.3) is 0 Å². The minimum Gasteiger partial charge on any atom is -0.461 e. The van der Waals surface area contributed by atoms with Crippen molar-refractivity contribution in [3.05, 3.63) is 15.6 Å². The van der Waals surface area contributed by atoms with Gasteiger partial charge in [0.05, 0.1) is 25.5 Å². The third kappa shape index (κ3) is 5.65. The van der Waals surface area contributed by atoms with E-state index in [0.29, 0.717) is 50.0 Å². The smallest absolute Gasteiger partial charge is 0.350 e. The molecule has 0 saturated carbocycles. The molecule has 0 aromatic carbocycles. The van der Waals surface area contributed by atoms with Gasteiger partial charge in [-0.25, -0.2) is 9.78 Å². The SMILES string of the molecule is COCCOCCCOC(=O)c1sc(CN)nc1C. The Balaban J connectivity index is 2.22. The molecule has 19 heavy (non-hydrogen) atoms. The number of aromatic nitrogens is 1. The van der Waals surface area contributed by atoms with E-state index in [9.17, 15) is 4.79 Å². The Hall–Kier alpha value is -1.02. The quantitative estimate of drug-likeness (QED) is 0.541. The Morgan fingerprint density at radius 1 is 1.32 bits per heavy atom. The second-order valence-corrected chi connectivity index (χ2v) is 4.90. The van der Waals surface area contributed by atoms with E-state index in [1.807, 2.05) is 0 Å². The van der Waals surface area contributed by atoms with Gasteiger partial charge in [-0.05, 0) is 6.92 Å². The maximum atomic E-state index is 11.8. The molecular formula is C12H20N2O4S. The zero-order valence-electron chi connectivity index (χ0n) is 11.3. The number of ether oxygens (including phenoxy) is 3. The first-order valence-corrected chi connectivity index (χ1v) is 6.90. The van der Waals surface area contributed by atoms with Gasteiger partial charge in [0.15, 0.2) is 0 Å². The first-order valence-electron chi connectivity index (χ1n) is 6.09. The molecular weight excluding hydrogens is 268 g/mol. The average molecular weight is 288 g/mol. The van der Waals surface area contributed by atoms with Crippen LogP contribution in [-0.2, 0) is 20.8 Å². The van der Waals surface area contributed by atoms with E-state index >= 15 is 0 Å². The molecule has 0 fully saturated rings. The van der Waals surface area contributed by atoms with Crippen molar-refractivity contribution in [1.82, 2.24) is 4.98 Å². The Bertz CT molecular complexity index is 395. The number of methoxy groups -OCH3 is 1. The molecule has 1 aromatic heterocycles. The lowest BCUT2D eigenvalue weighted by atomic mass is 10.4. The van der Waals surface area contributed by atoms with Crippen LogP contribution in [0.15, 0.2) is 0 Å². The van der Waals surface area contributed by atoms with Crippen LogP contribution in [0.3, 0.4) is 0 Å². The second kappa shape index (κ2) is 8.98. The third-order valence-corrected chi connectivity index (χ3v) is 3.46. The van der Waals surface area contributed by atoms with Gasteiger partial charge >= 0.3 is 5.97 Å². The molecule has 1 heterocycles. The molecule has 0 spiro atoms. The molecule has 0 bridgehead atoms. The van der Waals surface area contributed by atoms with Gasteiger partial charge in [-0.1, -0.05) is 0 Å². The maximum absolute atomic E-state index is 11.8. The van der Waals surface area contributed by atoms with Crippen LogP contribution in [0.4, 0.5) is 0 Å². The van der Waals surface area contributed by atoms with Crippen molar-refractivity contribution in [2.45, 2.75) is 19.9 Å². The summed E-state index contributed by atoms with van der Waals surface area (Å²) in [5.41, 5.74) is 6.15. The lowest BCUT2D eigenvalue weighted by Crippen LogP contribution is -2.09. The van der Waals surface area contributed by atoms with Gasteiger partial charge in [-0.15, -0.1) is 11.3 Å². The van der Waals surface area contributed by atoms with Crippen molar-refractivity contribution < 1.29 is 19.0 Å². The topological polar surface area (TPSA) is 83.7 Å². The van der Waals surface area contributed by atoms with Crippen molar-refractivity contribution in [3.63, 3.8) is 0 Å². The summed E-state index contributed by atoms with van der Waals surface area (Å²) in [6.07, 6.45) is 0.664. The largest absolute Gasteiger partial charge is 0.461 e. The highest BCUT2D eigenvalue weighted by Gasteiger charge is 2.15. The zero-order valence-corrected chi connectivity index (χ0v) is 12.1. The summed E-state index contributed by atoms with van der Waals surface area (Å²) in [5, 5.41) is 0.743. The molecule has 0 aliphatic rings. The normalized spacial score (nSPS) is 10.7. The van der Waals surface area contributed by atoms with Crippen LogP contribution in [0.1, 0.15) is 26.8 Å². The summed E-state index contributed by atoms with van der Waals surface area (Å²) in [7, 11) is 1.62. The number of nitrogens with zero attached hydrogens (tertiary/aromatic N) is 1. The first-order chi connectivity index (χ1) is 9.19. The van der Waals surface area contributed by atoms with Crippen molar-refractivity contribution in [1.29, 1.82) is 0 Å². The maximum Gasteiger partial charge on any atom is 0.350 e. The highest BCUT2D eigenvalue weighted by molar-refractivity contribution is 7.13. The van der Waals surface area contributed by atoms with E-state index in [1.165, 1.54) is 11.3 Å². The van der Waals surface area contributed by atoms with Crippen LogP contribution in [0, 0.1) is 6.92 Å². The van der Waals surface area contributed by atoms with Gasteiger partial charge in [0.1, 0.15) is 9.88 Å². The van der Waals surface area contributed by atoms with E-state index in [0.717, 1.165) is 5.01 Å². The molecule has 0 saturated heterocycles. The lowest BCUT2D eigenvalue weighted by Gasteiger charge is -2.05. The summed E-state index contributed by atoms with van der Waals surface area (Å²) < 4.78 is 15.3. The van der Waals surface area contributed by atoms with Crippen LogP contribution < -0.4 is 5.73 Å². The van der Waals surface area contributed by atoms with Crippen LogP contribution in [0.5, 0.6) is 0 Å². The number of nitrogens with two attached hydrogens (primary N) is 1. The van der Waals surface area contributed by atoms with Gasteiger partial charge in [-0.3, -0.25) is 0 Å². The van der Waals surface area contributed by atoms with E-state index < -0.39 is 0 Å². The highest BCUT2D eigenvalue weighted by atomic mass is 32.1. The van der Waals surface area contributed by atoms with Crippen molar-refractivity contribution in [3.8, 4) is 0 Å². The monoisotopic (exact) mass is 288 g/mol. The number of esters is 1. The van der Waals surface area contributed by atoms with Crippen molar-refractivity contribution in [2.75, 3.05) is 33.5 Å². The Morgan fingerprint density at radius 3 is 2.74 bits per heavy atom. The van der Waals surface area contributed by atoms with E-state index in [1.54, 1.807) is 14.0 Å². The zero-order chi connectivity index (χ0) is 14.1. The molecule has 0 aliphatic heterocycles. The summed E-state index contributed by atoms with van der Waals surface area (Å²) in [6, 6.07) is 0. The van der Waals surface area contributed by atoms with Crippen LogP contribution in [-0.4, -0.2) is 44.5 Å². The summed E-state index contributed by atoms with van der Waals surface area (Å²) in [6.45, 7) is 4.12. The lowest BCUT2D eigenvalue weighted by molar-refractivity contribution is 0.0389. The molecule has 1 rings (SSSR count). The highest BCUT2D eigenvalue weighted by Crippen LogP contribution is 2.18. The number of carbonyl (C=O) groups is 1. The third-order valence-electron chi connectivity index (χ3n) is 2.30. The first kappa shape index (κ1) is 16.0. The predicted molar refractivity (Wildman–Crippen MR) is 72.3 cm³/mol. The number of aryl methyl sites for hydroxylation is 1. The molecule has 0 amide bonds. The summed E-state index contributed by atoms with van der Waals surface area (Å²) in [5.74, 6) is -0.341. The number of rotatable bonds is 9. The van der Waals surface area contributed by atoms with Gasteiger partial charge in [0, 0.05) is 26.7 Å². The van der Waals surface area contributed by atoms with Crippen molar-refractivity contribution in [2.24, 2.45) is 5.73 Å². The number of carbonyl (C=O) groups excluding carboxylic acids is 1. The van der Waals surface area contributed by atoms with Gasteiger partial charge < -0.3 is 19.9 Å². The van der Waals surface area contributed by atoms with Gasteiger partial charge in [0.2, 0.25) is 0 Å². The second-order valence-electron chi connectivity index (χ2n) is 3.82. The summed E-state index contributed by atoms with van der Waals surface area (Å²) >= 11 is 1.28. The minimum atomic E-state index is -0.341. The van der Waals surface area contributed by atoms with E-state index in [2.05, 4.69) is 4.98 Å². The number of thiazole rings is 1. The fourth-order valence-corrected chi connectivity index (χ4v) is 2.20. The predicted octanol–water partition coefficient (Wildman–Crippen LogP) is 1.12. The molecule has 108 valence electrons. The molecule has 7 heteroatoms. The molecule has 6 nitrogen and oxygen atoms in total. The van der Waals surface area contributed by atoms with E-state index in [-0.39, 0.29) is 5.97 Å². The molecule has 0 radical (unpaired) electrons. The standard InChI is InChI=1S/C12H20N2O4S/c1-9-11(19-10(8-13)14-9)12(15)18-5-3-4-17-7-6-16-2/h3-8,13H2,1-2H3. The average Bonchev–Trinajstić information content (AvgIpc) is 2.79. The van der Waals surface area contributed by atoms with Crippen molar-refractivity contribution >= 4 is 17.3 Å².